The van der Waals surface area contributed by atoms with Crippen LogP contribution in [-0.2, 0) is 0 Å². The molecule has 3 nitrogen and oxygen atoms in total. The van der Waals surface area contributed by atoms with E-state index in [1.165, 1.54) is 0 Å². The Morgan fingerprint density at radius 1 is 1.53 bits per heavy atom. The van der Waals surface area contributed by atoms with Gasteiger partial charge in [0, 0.05) is 24.5 Å². The van der Waals surface area contributed by atoms with Crippen molar-refractivity contribution in [2.24, 2.45) is 5.92 Å². The first-order valence-electron chi connectivity index (χ1n) is 5.15. The Morgan fingerprint density at radius 3 is 2.73 bits per heavy atom. The lowest BCUT2D eigenvalue weighted by molar-refractivity contribution is 0.258. The zero-order valence-electron chi connectivity index (χ0n) is 9.51. The van der Waals surface area contributed by atoms with E-state index in [0.29, 0.717) is 5.92 Å². The standard InChI is InChI=1S/C12H17N3/c1-10(2)9-15(3)12(7-13)11-5-4-6-14-8-11/h4-6,8,10,12H,9H2,1-3H3. The SMILES string of the molecule is CC(C)CN(C)C(C#N)c1cccnc1. The van der Waals surface area contributed by atoms with E-state index in [2.05, 4.69) is 29.8 Å². The molecule has 0 aliphatic rings. The Labute approximate surface area is 91.4 Å². The average Bonchev–Trinajstić information content (AvgIpc) is 2.19. The maximum atomic E-state index is 9.14. The van der Waals surface area contributed by atoms with Gasteiger partial charge in [0.05, 0.1) is 6.07 Å². The van der Waals surface area contributed by atoms with Crippen LogP contribution >= 0.6 is 0 Å². The highest BCUT2D eigenvalue weighted by molar-refractivity contribution is 5.20. The van der Waals surface area contributed by atoms with Crippen molar-refractivity contribution >= 4 is 0 Å². The predicted molar refractivity (Wildman–Crippen MR) is 60.1 cm³/mol. The quantitative estimate of drug-likeness (QED) is 0.753. The fourth-order valence-corrected chi connectivity index (χ4v) is 1.65. The Bertz CT molecular complexity index is 326. The summed E-state index contributed by atoms with van der Waals surface area (Å²) in [6.45, 7) is 5.20. The molecular formula is C12H17N3. The molecule has 1 unspecified atom stereocenters. The van der Waals surface area contributed by atoms with Crippen molar-refractivity contribution in [1.82, 2.24) is 9.88 Å². The minimum absolute atomic E-state index is 0.193. The molecule has 1 aromatic rings. The topological polar surface area (TPSA) is 39.9 Å². The third-order valence-electron chi connectivity index (χ3n) is 2.22. The summed E-state index contributed by atoms with van der Waals surface area (Å²) in [5, 5.41) is 9.14. The first-order chi connectivity index (χ1) is 7.15. The van der Waals surface area contributed by atoms with E-state index in [-0.39, 0.29) is 6.04 Å². The molecular weight excluding hydrogens is 186 g/mol. The van der Waals surface area contributed by atoms with Gasteiger partial charge in [-0.25, -0.2) is 0 Å². The second kappa shape index (κ2) is 5.47. The Morgan fingerprint density at radius 2 is 2.27 bits per heavy atom. The number of rotatable bonds is 4. The summed E-state index contributed by atoms with van der Waals surface area (Å²) in [7, 11) is 1.97. The van der Waals surface area contributed by atoms with Crippen LogP contribution in [0.5, 0.6) is 0 Å². The molecule has 0 aromatic carbocycles. The van der Waals surface area contributed by atoms with Crippen LogP contribution in [0.1, 0.15) is 25.5 Å². The van der Waals surface area contributed by atoms with E-state index >= 15 is 0 Å². The molecule has 15 heavy (non-hydrogen) atoms. The molecule has 0 aliphatic carbocycles. The lowest BCUT2D eigenvalue weighted by Gasteiger charge is -2.24. The van der Waals surface area contributed by atoms with Gasteiger partial charge in [0.2, 0.25) is 0 Å². The lowest BCUT2D eigenvalue weighted by Crippen LogP contribution is -2.27. The molecule has 0 radical (unpaired) electrons. The van der Waals surface area contributed by atoms with Crippen molar-refractivity contribution in [1.29, 1.82) is 5.26 Å². The number of nitrogens with zero attached hydrogens (tertiary/aromatic N) is 3. The number of nitriles is 1. The van der Waals surface area contributed by atoms with Crippen LogP contribution in [0.2, 0.25) is 0 Å². The van der Waals surface area contributed by atoms with Gasteiger partial charge in [-0.2, -0.15) is 5.26 Å². The third kappa shape index (κ3) is 3.34. The number of aromatic nitrogens is 1. The summed E-state index contributed by atoms with van der Waals surface area (Å²) < 4.78 is 0. The van der Waals surface area contributed by atoms with Crippen LogP contribution < -0.4 is 0 Å². The first kappa shape index (κ1) is 11.7. The predicted octanol–water partition coefficient (Wildman–Crippen LogP) is 2.23. The molecule has 0 saturated heterocycles. The van der Waals surface area contributed by atoms with Crippen LogP contribution in [-0.4, -0.2) is 23.5 Å². The van der Waals surface area contributed by atoms with Gasteiger partial charge >= 0.3 is 0 Å². The fraction of sp³-hybridized carbons (Fsp3) is 0.500. The van der Waals surface area contributed by atoms with Crippen LogP contribution in [0.25, 0.3) is 0 Å². The fourth-order valence-electron chi connectivity index (χ4n) is 1.65. The van der Waals surface area contributed by atoms with Gasteiger partial charge < -0.3 is 0 Å². The molecule has 0 aliphatic heterocycles. The third-order valence-corrected chi connectivity index (χ3v) is 2.22. The van der Waals surface area contributed by atoms with Crippen LogP contribution in [0, 0.1) is 17.2 Å². The van der Waals surface area contributed by atoms with Crippen molar-refractivity contribution in [3.63, 3.8) is 0 Å². The summed E-state index contributed by atoms with van der Waals surface area (Å²) in [5.41, 5.74) is 0.961. The maximum Gasteiger partial charge on any atom is 0.125 e. The van der Waals surface area contributed by atoms with Crippen molar-refractivity contribution in [2.45, 2.75) is 19.9 Å². The van der Waals surface area contributed by atoms with Gasteiger partial charge in [-0.05, 0) is 19.0 Å². The van der Waals surface area contributed by atoms with Crippen molar-refractivity contribution in [3.05, 3.63) is 30.1 Å². The first-order valence-corrected chi connectivity index (χ1v) is 5.15. The summed E-state index contributed by atoms with van der Waals surface area (Å²) in [6.07, 6.45) is 3.48. The van der Waals surface area contributed by atoms with E-state index < -0.39 is 0 Å². The van der Waals surface area contributed by atoms with Gasteiger partial charge in [0.1, 0.15) is 6.04 Å². The molecule has 3 heteroatoms. The maximum absolute atomic E-state index is 9.14. The molecule has 0 spiro atoms. The zero-order valence-corrected chi connectivity index (χ0v) is 9.51. The minimum atomic E-state index is -0.193. The second-order valence-electron chi connectivity index (χ2n) is 4.15. The van der Waals surface area contributed by atoms with Gasteiger partial charge in [-0.15, -0.1) is 0 Å². The second-order valence-corrected chi connectivity index (χ2v) is 4.15. The van der Waals surface area contributed by atoms with E-state index in [1.54, 1.807) is 12.4 Å². The smallest absolute Gasteiger partial charge is 0.125 e. The monoisotopic (exact) mass is 203 g/mol. The van der Waals surface area contributed by atoms with Crippen molar-refractivity contribution in [3.8, 4) is 6.07 Å². The van der Waals surface area contributed by atoms with E-state index in [4.69, 9.17) is 5.26 Å². The Hall–Kier alpha value is -1.40. The van der Waals surface area contributed by atoms with Gasteiger partial charge in [0.15, 0.2) is 0 Å². The number of hydrogen-bond donors (Lipinski definition) is 0. The number of pyridine rings is 1. The summed E-state index contributed by atoms with van der Waals surface area (Å²) in [5.74, 6) is 0.558. The Balaban J connectivity index is 2.77. The highest BCUT2D eigenvalue weighted by Crippen LogP contribution is 2.18. The van der Waals surface area contributed by atoms with E-state index in [1.807, 2.05) is 19.2 Å². The number of hydrogen-bond acceptors (Lipinski definition) is 3. The summed E-state index contributed by atoms with van der Waals surface area (Å²) in [4.78, 5) is 6.09. The highest BCUT2D eigenvalue weighted by Gasteiger charge is 2.16. The van der Waals surface area contributed by atoms with E-state index in [0.717, 1.165) is 12.1 Å². The van der Waals surface area contributed by atoms with E-state index in [9.17, 15) is 0 Å². The summed E-state index contributed by atoms with van der Waals surface area (Å²) in [6, 6.07) is 5.92. The highest BCUT2D eigenvalue weighted by atomic mass is 15.1. The van der Waals surface area contributed by atoms with Crippen molar-refractivity contribution in [2.75, 3.05) is 13.6 Å². The zero-order chi connectivity index (χ0) is 11.3. The molecule has 0 bridgehead atoms. The molecule has 0 fully saturated rings. The van der Waals surface area contributed by atoms with Gasteiger partial charge in [-0.3, -0.25) is 9.88 Å². The van der Waals surface area contributed by atoms with Gasteiger partial charge in [-0.1, -0.05) is 19.9 Å². The normalized spacial score (nSPS) is 12.8. The molecule has 1 atom stereocenters. The lowest BCUT2D eigenvalue weighted by atomic mass is 10.1. The molecule has 1 rings (SSSR count). The minimum Gasteiger partial charge on any atom is -0.287 e. The average molecular weight is 203 g/mol. The molecule has 1 heterocycles. The largest absolute Gasteiger partial charge is 0.287 e. The molecule has 0 amide bonds. The molecule has 0 saturated carbocycles. The Kier molecular flexibility index (Phi) is 4.26. The van der Waals surface area contributed by atoms with Crippen LogP contribution in [0.4, 0.5) is 0 Å². The molecule has 80 valence electrons. The molecule has 0 N–H and O–H groups in total. The van der Waals surface area contributed by atoms with Gasteiger partial charge in [0.25, 0.3) is 0 Å². The summed E-state index contributed by atoms with van der Waals surface area (Å²) >= 11 is 0. The van der Waals surface area contributed by atoms with Crippen LogP contribution in [0.3, 0.4) is 0 Å². The van der Waals surface area contributed by atoms with Crippen LogP contribution in [0.15, 0.2) is 24.5 Å². The van der Waals surface area contributed by atoms with Crippen molar-refractivity contribution < 1.29 is 0 Å². The molecule has 1 aromatic heterocycles.